The fourth-order valence-electron chi connectivity index (χ4n) is 3.11. The average Bonchev–Trinajstić information content (AvgIpc) is 3.05. The molecule has 1 heterocycles. The third-order valence-electron chi connectivity index (χ3n) is 4.56. The maximum Gasteiger partial charge on any atom is 0.243 e. The molecule has 6 heteroatoms. The molecule has 1 saturated heterocycles. The predicted molar refractivity (Wildman–Crippen MR) is 90.8 cm³/mol. The Kier molecular flexibility index (Phi) is 4.68. The van der Waals surface area contributed by atoms with Gasteiger partial charge in [-0.05, 0) is 36.4 Å². The molecule has 0 radical (unpaired) electrons. The summed E-state index contributed by atoms with van der Waals surface area (Å²) >= 11 is 0. The normalized spacial score (nSPS) is 19.7. The van der Waals surface area contributed by atoms with Crippen molar-refractivity contribution in [3.63, 3.8) is 0 Å². The van der Waals surface area contributed by atoms with Gasteiger partial charge in [0.05, 0.1) is 11.5 Å². The second-order valence-electron chi connectivity index (χ2n) is 6.02. The molecule has 0 bridgehead atoms. The lowest BCUT2D eigenvalue weighted by atomic mass is 10.1. The highest BCUT2D eigenvalue weighted by Gasteiger charge is 2.34. The zero-order chi connectivity index (χ0) is 16.4. The van der Waals surface area contributed by atoms with Gasteiger partial charge in [0.1, 0.15) is 0 Å². The number of aliphatic hydroxyl groups is 1. The van der Waals surface area contributed by atoms with Gasteiger partial charge < -0.3 is 5.11 Å². The van der Waals surface area contributed by atoms with Crippen LogP contribution in [0.4, 0.5) is 0 Å². The number of hydrogen-bond acceptors (Lipinski definition) is 4. The summed E-state index contributed by atoms with van der Waals surface area (Å²) in [5, 5.41) is 11.0. The SMILES string of the molecule is CN(CCO)[C@@H]1CCN(S(=O)(=O)c2ccc3ccccc3c2)C1. The van der Waals surface area contributed by atoms with Gasteiger partial charge in [-0.1, -0.05) is 30.3 Å². The first-order chi connectivity index (χ1) is 11.0. The highest BCUT2D eigenvalue weighted by molar-refractivity contribution is 7.89. The lowest BCUT2D eigenvalue weighted by Crippen LogP contribution is -2.37. The molecule has 124 valence electrons. The van der Waals surface area contributed by atoms with Crippen LogP contribution in [0.1, 0.15) is 6.42 Å². The maximum atomic E-state index is 12.9. The van der Waals surface area contributed by atoms with Crippen molar-refractivity contribution >= 4 is 20.8 Å². The number of aliphatic hydroxyl groups excluding tert-OH is 1. The second-order valence-corrected chi connectivity index (χ2v) is 7.96. The lowest BCUT2D eigenvalue weighted by molar-refractivity contribution is 0.184. The Balaban J connectivity index is 1.83. The van der Waals surface area contributed by atoms with Crippen LogP contribution in [0.2, 0.25) is 0 Å². The van der Waals surface area contributed by atoms with E-state index in [-0.39, 0.29) is 12.6 Å². The Morgan fingerprint density at radius 1 is 1.22 bits per heavy atom. The minimum atomic E-state index is -3.47. The summed E-state index contributed by atoms with van der Waals surface area (Å²) in [6.45, 7) is 1.65. The third-order valence-corrected chi connectivity index (χ3v) is 6.42. The molecular formula is C17H22N2O3S. The van der Waals surface area contributed by atoms with Crippen molar-refractivity contribution in [2.45, 2.75) is 17.4 Å². The third kappa shape index (κ3) is 3.26. The molecule has 1 aliphatic rings. The van der Waals surface area contributed by atoms with Crippen LogP contribution in [0.15, 0.2) is 47.4 Å². The summed E-state index contributed by atoms with van der Waals surface area (Å²) in [4.78, 5) is 2.37. The Labute approximate surface area is 137 Å². The van der Waals surface area contributed by atoms with Gasteiger partial charge in [-0.15, -0.1) is 0 Å². The van der Waals surface area contributed by atoms with Gasteiger partial charge in [0, 0.05) is 25.7 Å². The molecule has 2 aromatic rings. The van der Waals surface area contributed by atoms with Crippen LogP contribution in [0.5, 0.6) is 0 Å². The summed E-state index contributed by atoms with van der Waals surface area (Å²) in [5.41, 5.74) is 0. The number of hydrogen-bond donors (Lipinski definition) is 1. The van der Waals surface area contributed by atoms with E-state index < -0.39 is 10.0 Å². The molecule has 1 N–H and O–H groups in total. The molecule has 0 spiro atoms. The van der Waals surface area contributed by atoms with Crippen LogP contribution < -0.4 is 0 Å². The zero-order valence-corrected chi connectivity index (χ0v) is 14.0. The van der Waals surface area contributed by atoms with Gasteiger partial charge in [0.2, 0.25) is 10.0 Å². The topological polar surface area (TPSA) is 60.9 Å². The Bertz CT molecular complexity index is 791. The van der Waals surface area contributed by atoms with Crippen LogP contribution in [0, 0.1) is 0 Å². The van der Waals surface area contributed by atoms with Crippen LogP contribution in [0.3, 0.4) is 0 Å². The van der Waals surface area contributed by atoms with Crippen molar-refractivity contribution in [3.8, 4) is 0 Å². The van der Waals surface area contributed by atoms with Gasteiger partial charge in [0.25, 0.3) is 0 Å². The molecule has 0 unspecified atom stereocenters. The molecular weight excluding hydrogens is 312 g/mol. The van der Waals surface area contributed by atoms with E-state index in [9.17, 15) is 8.42 Å². The van der Waals surface area contributed by atoms with Crippen LogP contribution in [-0.4, -0.2) is 62.1 Å². The molecule has 3 rings (SSSR count). The van der Waals surface area contributed by atoms with E-state index in [1.54, 1.807) is 16.4 Å². The molecule has 0 amide bonds. The van der Waals surface area contributed by atoms with E-state index >= 15 is 0 Å². The fourth-order valence-corrected chi connectivity index (χ4v) is 4.63. The van der Waals surface area contributed by atoms with Crippen molar-refractivity contribution in [2.75, 3.05) is 33.3 Å². The highest BCUT2D eigenvalue weighted by Crippen LogP contribution is 2.25. The van der Waals surface area contributed by atoms with Gasteiger partial charge >= 0.3 is 0 Å². The standard InChI is InChI=1S/C17H22N2O3S/c1-18(10-11-20)16-8-9-19(13-16)23(21,22)17-7-6-14-4-2-3-5-15(14)12-17/h2-7,12,16,20H,8-11,13H2,1H3/t16-/m1/s1. The Hall–Kier alpha value is -1.47. The Morgan fingerprint density at radius 3 is 2.70 bits per heavy atom. The molecule has 5 nitrogen and oxygen atoms in total. The number of fused-ring (bicyclic) bond motifs is 1. The number of sulfonamides is 1. The van der Waals surface area contributed by atoms with Gasteiger partial charge in [0.15, 0.2) is 0 Å². The number of rotatable bonds is 5. The molecule has 0 aromatic heterocycles. The molecule has 0 aliphatic carbocycles. The van der Waals surface area contributed by atoms with Crippen LogP contribution in [-0.2, 0) is 10.0 Å². The highest BCUT2D eigenvalue weighted by atomic mass is 32.2. The Morgan fingerprint density at radius 2 is 1.96 bits per heavy atom. The maximum absolute atomic E-state index is 12.9. The van der Waals surface area contributed by atoms with E-state index in [2.05, 4.69) is 0 Å². The first-order valence-corrected chi connectivity index (χ1v) is 9.26. The number of likely N-dealkylation sites (N-methyl/N-ethyl adjacent to an activating group) is 1. The summed E-state index contributed by atoms with van der Waals surface area (Å²) in [7, 11) is -1.54. The number of benzene rings is 2. The summed E-state index contributed by atoms with van der Waals surface area (Å²) in [6.07, 6.45) is 0.795. The second kappa shape index (κ2) is 6.57. The van der Waals surface area contributed by atoms with E-state index in [1.807, 2.05) is 42.3 Å². The predicted octanol–water partition coefficient (Wildman–Crippen LogP) is 1.53. The lowest BCUT2D eigenvalue weighted by Gasteiger charge is -2.23. The first kappa shape index (κ1) is 16.4. The van der Waals surface area contributed by atoms with Crippen molar-refractivity contribution in [1.82, 2.24) is 9.21 Å². The van der Waals surface area contributed by atoms with E-state index in [1.165, 1.54) is 0 Å². The largest absolute Gasteiger partial charge is 0.395 e. The molecule has 0 saturated carbocycles. The average molecular weight is 334 g/mol. The van der Waals surface area contributed by atoms with Crippen molar-refractivity contribution < 1.29 is 13.5 Å². The van der Waals surface area contributed by atoms with Crippen molar-refractivity contribution in [1.29, 1.82) is 0 Å². The molecule has 1 atom stereocenters. The van der Waals surface area contributed by atoms with Gasteiger partial charge in [-0.2, -0.15) is 4.31 Å². The smallest absolute Gasteiger partial charge is 0.243 e. The quantitative estimate of drug-likeness (QED) is 0.901. The summed E-state index contributed by atoms with van der Waals surface area (Å²) in [6, 6.07) is 13.2. The van der Waals surface area contributed by atoms with E-state index in [0.29, 0.717) is 24.5 Å². The van der Waals surface area contributed by atoms with Crippen LogP contribution in [0.25, 0.3) is 10.8 Å². The van der Waals surface area contributed by atoms with E-state index in [0.717, 1.165) is 17.2 Å². The monoisotopic (exact) mass is 334 g/mol. The molecule has 2 aromatic carbocycles. The van der Waals surface area contributed by atoms with Gasteiger partial charge in [-0.3, -0.25) is 4.90 Å². The van der Waals surface area contributed by atoms with Crippen LogP contribution >= 0.6 is 0 Å². The summed E-state index contributed by atoms with van der Waals surface area (Å²) < 4.78 is 27.3. The van der Waals surface area contributed by atoms with E-state index in [4.69, 9.17) is 5.11 Å². The van der Waals surface area contributed by atoms with Crippen molar-refractivity contribution in [2.24, 2.45) is 0 Å². The van der Waals surface area contributed by atoms with Crippen molar-refractivity contribution in [3.05, 3.63) is 42.5 Å². The minimum Gasteiger partial charge on any atom is -0.395 e. The summed E-state index contributed by atoms with van der Waals surface area (Å²) in [5.74, 6) is 0. The molecule has 1 fully saturated rings. The fraction of sp³-hybridized carbons (Fsp3) is 0.412. The molecule has 23 heavy (non-hydrogen) atoms. The van der Waals surface area contributed by atoms with Gasteiger partial charge in [-0.25, -0.2) is 8.42 Å². The minimum absolute atomic E-state index is 0.0877. The molecule has 1 aliphatic heterocycles. The first-order valence-electron chi connectivity index (χ1n) is 7.82. The number of nitrogens with zero attached hydrogens (tertiary/aromatic N) is 2. The zero-order valence-electron chi connectivity index (χ0n) is 13.2.